The first kappa shape index (κ1) is 17.7. The van der Waals surface area contributed by atoms with Gasteiger partial charge < -0.3 is 15.5 Å². The zero-order valence-corrected chi connectivity index (χ0v) is 14.7. The molecule has 0 aliphatic carbocycles. The second kappa shape index (κ2) is 8.85. The van der Waals surface area contributed by atoms with E-state index in [2.05, 4.69) is 39.8 Å². The monoisotopic (exact) mass is 344 g/mol. The van der Waals surface area contributed by atoms with Crippen LogP contribution in [-0.4, -0.2) is 61.0 Å². The summed E-state index contributed by atoms with van der Waals surface area (Å²) in [5.41, 5.74) is 1.36. The maximum atomic E-state index is 12.2. The smallest absolute Gasteiger partial charge is 0.317 e. The van der Waals surface area contributed by atoms with Crippen LogP contribution >= 0.6 is 0 Å². The molecule has 6 nitrogen and oxygen atoms in total. The molecule has 2 saturated heterocycles. The van der Waals surface area contributed by atoms with Gasteiger partial charge in [0.1, 0.15) is 6.54 Å². The van der Waals surface area contributed by atoms with E-state index in [1.807, 2.05) is 6.07 Å². The lowest BCUT2D eigenvalue weighted by Gasteiger charge is -2.20. The van der Waals surface area contributed by atoms with E-state index in [1.54, 1.807) is 4.90 Å². The lowest BCUT2D eigenvalue weighted by molar-refractivity contribution is -0.121. The number of nitrogens with one attached hydrogen (secondary N) is 2. The quantitative estimate of drug-likeness (QED) is 0.849. The van der Waals surface area contributed by atoms with Crippen molar-refractivity contribution in [2.45, 2.75) is 25.8 Å². The lowest BCUT2D eigenvalue weighted by Crippen LogP contribution is -2.44. The van der Waals surface area contributed by atoms with E-state index in [1.165, 1.54) is 12.0 Å². The van der Waals surface area contributed by atoms with E-state index in [0.29, 0.717) is 25.6 Å². The molecule has 0 spiro atoms. The van der Waals surface area contributed by atoms with Gasteiger partial charge in [-0.3, -0.25) is 9.69 Å². The summed E-state index contributed by atoms with van der Waals surface area (Å²) in [6.07, 6.45) is 3.00. The fourth-order valence-electron chi connectivity index (χ4n) is 3.61. The van der Waals surface area contributed by atoms with Crippen molar-refractivity contribution in [3.8, 4) is 0 Å². The number of hydrogen-bond donors (Lipinski definition) is 2. The molecule has 0 saturated carbocycles. The third kappa shape index (κ3) is 5.46. The molecule has 0 unspecified atom stereocenters. The van der Waals surface area contributed by atoms with Crippen molar-refractivity contribution in [3.05, 3.63) is 35.9 Å². The van der Waals surface area contributed by atoms with E-state index < -0.39 is 0 Å². The first-order chi connectivity index (χ1) is 12.2. The van der Waals surface area contributed by atoms with E-state index in [9.17, 15) is 9.59 Å². The SMILES string of the molecule is O=C1CN(C(=O)NCC[C@@H]2CCN(Cc3ccccc3)C2)CCCN1. The highest BCUT2D eigenvalue weighted by Crippen LogP contribution is 2.21. The van der Waals surface area contributed by atoms with Gasteiger partial charge in [-0.1, -0.05) is 30.3 Å². The summed E-state index contributed by atoms with van der Waals surface area (Å²) < 4.78 is 0. The summed E-state index contributed by atoms with van der Waals surface area (Å²) in [5.74, 6) is 0.566. The Labute approximate surface area is 149 Å². The maximum absolute atomic E-state index is 12.2. The number of amides is 3. The molecule has 2 aliphatic rings. The number of benzene rings is 1. The Balaban J connectivity index is 1.35. The van der Waals surface area contributed by atoms with E-state index in [4.69, 9.17) is 0 Å². The molecule has 2 heterocycles. The zero-order valence-electron chi connectivity index (χ0n) is 14.7. The largest absolute Gasteiger partial charge is 0.354 e. The minimum atomic E-state index is -0.115. The van der Waals surface area contributed by atoms with Crippen molar-refractivity contribution >= 4 is 11.9 Å². The molecule has 2 aliphatic heterocycles. The van der Waals surface area contributed by atoms with Crippen LogP contribution in [0.25, 0.3) is 0 Å². The van der Waals surface area contributed by atoms with Gasteiger partial charge in [0.15, 0.2) is 0 Å². The standard InChI is InChI=1S/C19H28N4O2/c24-18-15-23(11-4-9-20-18)19(25)21-10-7-17-8-12-22(14-17)13-16-5-2-1-3-6-16/h1-3,5-6,17H,4,7-15H2,(H,20,24)(H,21,25)/t17-/m1/s1. The highest BCUT2D eigenvalue weighted by molar-refractivity contribution is 5.84. The normalized spacial score (nSPS) is 21.7. The van der Waals surface area contributed by atoms with Crippen LogP contribution in [0.5, 0.6) is 0 Å². The maximum Gasteiger partial charge on any atom is 0.317 e. The fraction of sp³-hybridized carbons (Fsp3) is 0.579. The van der Waals surface area contributed by atoms with Gasteiger partial charge in [0, 0.05) is 32.7 Å². The van der Waals surface area contributed by atoms with Crippen LogP contribution in [0.3, 0.4) is 0 Å². The summed E-state index contributed by atoms with van der Waals surface area (Å²) in [6.45, 7) is 5.37. The zero-order chi connectivity index (χ0) is 17.5. The molecular weight excluding hydrogens is 316 g/mol. The first-order valence-corrected chi connectivity index (χ1v) is 9.26. The molecule has 1 aromatic carbocycles. The number of rotatable bonds is 5. The molecule has 2 N–H and O–H groups in total. The van der Waals surface area contributed by atoms with Gasteiger partial charge in [-0.05, 0) is 37.3 Å². The topological polar surface area (TPSA) is 64.7 Å². The minimum absolute atomic E-state index is 0.0694. The molecule has 136 valence electrons. The fourth-order valence-corrected chi connectivity index (χ4v) is 3.61. The van der Waals surface area contributed by atoms with Gasteiger partial charge in [-0.2, -0.15) is 0 Å². The van der Waals surface area contributed by atoms with E-state index in [0.717, 1.165) is 32.5 Å². The molecule has 3 amide bonds. The van der Waals surface area contributed by atoms with Crippen LogP contribution in [0.4, 0.5) is 4.79 Å². The van der Waals surface area contributed by atoms with Gasteiger partial charge in [0.2, 0.25) is 5.91 Å². The molecule has 1 atom stereocenters. The molecule has 0 aromatic heterocycles. The van der Waals surface area contributed by atoms with Gasteiger partial charge in [0.25, 0.3) is 0 Å². The average Bonchev–Trinajstić information content (AvgIpc) is 2.93. The second-order valence-electron chi connectivity index (χ2n) is 7.02. The third-order valence-electron chi connectivity index (χ3n) is 5.00. The molecule has 1 aromatic rings. The highest BCUT2D eigenvalue weighted by Gasteiger charge is 2.23. The van der Waals surface area contributed by atoms with Crippen LogP contribution in [0.15, 0.2) is 30.3 Å². The number of hydrogen-bond acceptors (Lipinski definition) is 3. The van der Waals surface area contributed by atoms with Crippen molar-refractivity contribution in [1.82, 2.24) is 20.4 Å². The average molecular weight is 344 g/mol. The number of carbonyl (C=O) groups excluding carboxylic acids is 2. The van der Waals surface area contributed by atoms with Crippen LogP contribution in [0.1, 0.15) is 24.8 Å². The van der Waals surface area contributed by atoms with Crippen molar-refractivity contribution < 1.29 is 9.59 Å². The van der Waals surface area contributed by atoms with Crippen LogP contribution in [0, 0.1) is 5.92 Å². The van der Waals surface area contributed by atoms with Crippen molar-refractivity contribution in [3.63, 3.8) is 0 Å². The summed E-state index contributed by atoms with van der Waals surface area (Å²) in [7, 11) is 0. The van der Waals surface area contributed by atoms with E-state index in [-0.39, 0.29) is 18.5 Å². The third-order valence-corrected chi connectivity index (χ3v) is 5.00. The number of carbonyl (C=O) groups is 2. The second-order valence-corrected chi connectivity index (χ2v) is 7.02. The Morgan fingerprint density at radius 3 is 2.92 bits per heavy atom. The number of nitrogens with zero attached hydrogens (tertiary/aromatic N) is 2. The summed E-state index contributed by atoms with van der Waals surface area (Å²) in [6, 6.07) is 10.4. The van der Waals surface area contributed by atoms with Crippen LogP contribution in [0.2, 0.25) is 0 Å². The predicted octanol–water partition coefficient (Wildman–Crippen LogP) is 1.43. The van der Waals surface area contributed by atoms with Crippen molar-refractivity contribution in [2.75, 3.05) is 39.3 Å². The minimum Gasteiger partial charge on any atom is -0.354 e. The summed E-state index contributed by atoms with van der Waals surface area (Å²) in [5, 5.41) is 5.77. The molecule has 2 fully saturated rings. The molecular formula is C19H28N4O2. The highest BCUT2D eigenvalue weighted by atomic mass is 16.2. The first-order valence-electron chi connectivity index (χ1n) is 9.26. The summed E-state index contributed by atoms with van der Waals surface area (Å²) in [4.78, 5) is 27.8. The molecule has 25 heavy (non-hydrogen) atoms. The molecule has 3 rings (SSSR count). The van der Waals surface area contributed by atoms with Gasteiger partial charge >= 0.3 is 6.03 Å². The lowest BCUT2D eigenvalue weighted by atomic mass is 10.1. The van der Waals surface area contributed by atoms with Gasteiger partial charge in [-0.15, -0.1) is 0 Å². The Kier molecular flexibility index (Phi) is 6.28. The Morgan fingerprint density at radius 2 is 2.08 bits per heavy atom. The molecule has 0 radical (unpaired) electrons. The number of urea groups is 1. The molecule has 6 heteroatoms. The number of likely N-dealkylation sites (tertiary alicyclic amines) is 1. The Bertz CT molecular complexity index is 578. The van der Waals surface area contributed by atoms with Crippen molar-refractivity contribution in [1.29, 1.82) is 0 Å². The summed E-state index contributed by atoms with van der Waals surface area (Å²) >= 11 is 0. The molecule has 0 bridgehead atoms. The van der Waals surface area contributed by atoms with Gasteiger partial charge in [-0.25, -0.2) is 4.79 Å². The predicted molar refractivity (Wildman–Crippen MR) is 97.0 cm³/mol. The van der Waals surface area contributed by atoms with Crippen molar-refractivity contribution in [2.24, 2.45) is 5.92 Å². The van der Waals surface area contributed by atoms with E-state index >= 15 is 0 Å². The van der Waals surface area contributed by atoms with Gasteiger partial charge in [0.05, 0.1) is 0 Å². The van der Waals surface area contributed by atoms with Crippen LogP contribution < -0.4 is 10.6 Å². The Hall–Kier alpha value is -2.08. The van der Waals surface area contributed by atoms with Crippen LogP contribution in [-0.2, 0) is 11.3 Å². The Morgan fingerprint density at radius 1 is 1.24 bits per heavy atom.